The smallest absolute Gasteiger partial charge is 0.258 e. The Morgan fingerprint density at radius 3 is 2.12 bits per heavy atom. The van der Waals surface area contributed by atoms with Gasteiger partial charge in [0, 0.05) is 30.3 Å². The molecule has 2 aromatic carbocycles. The molecule has 0 aliphatic heterocycles. The van der Waals surface area contributed by atoms with Crippen LogP contribution in [0.25, 0.3) is 11.1 Å². The molecule has 0 bridgehead atoms. The molecule has 25 heavy (non-hydrogen) atoms. The van der Waals surface area contributed by atoms with Crippen LogP contribution < -0.4 is 14.2 Å². The van der Waals surface area contributed by atoms with Gasteiger partial charge in [-0.15, -0.1) is 0 Å². The normalized spacial score (nSPS) is 10.3. The van der Waals surface area contributed by atoms with Crippen LogP contribution in [0.2, 0.25) is 0 Å². The summed E-state index contributed by atoms with van der Waals surface area (Å²) in [5.41, 5.74) is 2.13. The lowest BCUT2D eigenvalue weighted by Gasteiger charge is -2.22. The molecule has 0 aliphatic rings. The van der Waals surface area contributed by atoms with Gasteiger partial charge in [-0.05, 0) is 32.0 Å². The first-order valence-corrected chi connectivity index (χ1v) is 8.29. The fraction of sp³-hybridized carbons (Fsp3) is 0.350. The Hall–Kier alpha value is -2.69. The van der Waals surface area contributed by atoms with E-state index >= 15 is 0 Å². The van der Waals surface area contributed by atoms with Crippen molar-refractivity contribution in [1.29, 1.82) is 0 Å². The molecule has 0 saturated carbocycles. The van der Waals surface area contributed by atoms with Crippen LogP contribution >= 0.6 is 0 Å². The summed E-state index contributed by atoms with van der Waals surface area (Å²) in [5, 5.41) is 0. The van der Waals surface area contributed by atoms with Crippen LogP contribution in [0.1, 0.15) is 24.2 Å². The predicted molar refractivity (Wildman–Crippen MR) is 98.8 cm³/mol. The van der Waals surface area contributed by atoms with Gasteiger partial charge in [0.05, 0.1) is 26.9 Å². The third kappa shape index (κ3) is 3.71. The molecular weight excluding hydrogens is 318 g/mol. The second-order valence-corrected chi connectivity index (χ2v) is 5.43. The summed E-state index contributed by atoms with van der Waals surface area (Å²) in [6.45, 7) is 5.19. The van der Waals surface area contributed by atoms with E-state index in [-0.39, 0.29) is 5.91 Å². The second kappa shape index (κ2) is 8.42. The minimum atomic E-state index is -0.0599. The lowest BCUT2D eigenvalue weighted by atomic mass is 9.96. The van der Waals surface area contributed by atoms with Gasteiger partial charge in [-0.3, -0.25) is 4.79 Å². The first-order chi connectivity index (χ1) is 12.1. The minimum Gasteiger partial charge on any atom is -0.497 e. The van der Waals surface area contributed by atoms with Gasteiger partial charge in [0.2, 0.25) is 0 Å². The molecule has 0 saturated heterocycles. The Balaban J connectivity index is 2.68. The zero-order valence-corrected chi connectivity index (χ0v) is 15.5. The zero-order valence-electron chi connectivity index (χ0n) is 15.5. The van der Waals surface area contributed by atoms with Crippen molar-refractivity contribution in [2.24, 2.45) is 0 Å². The molecule has 5 heteroatoms. The van der Waals surface area contributed by atoms with Crippen molar-refractivity contribution in [3.63, 3.8) is 0 Å². The topological polar surface area (TPSA) is 48.0 Å². The Labute approximate surface area is 149 Å². The van der Waals surface area contributed by atoms with Gasteiger partial charge < -0.3 is 19.1 Å². The van der Waals surface area contributed by atoms with Crippen molar-refractivity contribution in [3.8, 4) is 28.4 Å². The van der Waals surface area contributed by atoms with Crippen molar-refractivity contribution in [1.82, 2.24) is 4.90 Å². The van der Waals surface area contributed by atoms with Crippen LogP contribution in [0, 0.1) is 0 Å². The molecule has 0 atom stereocenters. The molecule has 1 amide bonds. The van der Waals surface area contributed by atoms with E-state index in [1.165, 1.54) is 0 Å². The molecule has 0 unspecified atom stereocenters. The van der Waals surface area contributed by atoms with Crippen molar-refractivity contribution >= 4 is 5.91 Å². The van der Waals surface area contributed by atoms with E-state index in [1.54, 1.807) is 38.4 Å². The van der Waals surface area contributed by atoms with Gasteiger partial charge in [0.15, 0.2) is 0 Å². The fourth-order valence-electron chi connectivity index (χ4n) is 2.84. The summed E-state index contributed by atoms with van der Waals surface area (Å²) in [7, 11) is 4.78. The Bertz CT molecular complexity index is 738. The number of methoxy groups -OCH3 is 3. The maximum absolute atomic E-state index is 13.1. The summed E-state index contributed by atoms with van der Waals surface area (Å²) in [6, 6.07) is 11.1. The summed E-state index contributed by atoms with van der Waals surface area (Å²) in [4.78, 5) is 14.9. The number of nitrogens with zero attached hydrogens (tertiary/aromatic N) is 1. The molecule has 0 heterocycles. The second-order valence-electron chi connectivity index (χ2n) is 5.43. The first kappa shape index (κ1) is 18.6. The average molecular weight is 343 g/mol. The van der Waals surface area contributed by atoms with Crippen LogP contribution in [0.5, 0.6) is 17.2 Å². The number of carbonyl (C=O) groups is 1. The summed E-state index contributed by atoms with van der Waals surface area (Å²) in [6.07, 6.45) is 0. The van der Waals surface area contributed by atoms with E-state index in [9.17, 15) is 4.79 Å². The highest BCUT2D eigenvalue weighted by Crippen LogP contribution is 2.38. The third-order valence-corrected chi connectivity index (χ3v) is 4.21. The average Bonchev–Trinajstić information content (AvgIpc) is 2.67. The number of hydrogen-bond acceptors (Lipinski definition) is 4. The van der Waals surface area contributed by atoms with E-state index in [0.29, 0.717) is 35.9 Å². The lowest BCUT2D eigenvalue weighted by molar-refractivity contribution is 0.0770. The molecule has 134 valence electrons. The van der Waals surface area contributed by atoms with E-state index in [2.05, 4.69) is 0 Å². The predicted octanol–water partition coefficient (Wildman–Crippen LogP) is 3.86. The monoisotopic (exact) mass is 343 g/mol. The zero-order chi connectivity index (χ0) is 18.4. The Morgan fingerprint density at radius 1 is 0.880 bits per heavy atom. The van der Waals surface area contributed by atoms with Crippen molar-refractivity contribution in [2.75, 3.05) is 34.4 Å². The summed E-state index contributed by atoms with van der Waals surface area (Å²) >= 11 is 0. The van der Waals surface area contributed by atoms with Gasteiger partial charge in [-0.1, -0.05) is 12.1 Å². The first-order valence-electron chi connectivity index (χ1n) is 8.29. The number of carbonyl (C=O) groups excluding carboxylic acids is 1. The highest BCUT2D eigenvalue weighted by molar-refractivity contribution is 6.04. The van der Waals surface area contributed by atoms with E-state index < -0.39 is 0 Å². The third-order valence-electron chi connectivity index (χ3n) is 4.21. The van der Waals surface area contributed by atoms with Crippen molar-refractivity contribution < 1.29 is 19.0 Å². The van der Waals surface area contributed by atoms with Gasteiger partial charge >= 0.3 is 0 Å². The van der Waals surface area contributed by atoms with Crippen molar-refractivity contribution in [3.05, 3.63) is 42.0 Å². The van der Waals surface area contributed by atoms with E-state index in [4.69, 9.17) is 14.2 Å². The van der Waals surface area contributed by atoms with Crippen LogP contribution in [0.3, 0.4) is 0 Å². The summed E-state index contributed by atoms with van der Waals surface area (Å²) < 4.78 is 16.3. The molecule has 0 fully saturated rings. The van der Waals surface area contributed by atoms with Gasteiger partial charge in [-0.25, -0.2) is 0 Å². The number of benzene rings is 2. The van der Waals surface area contributed by atoms with Gasteiger partial charge in [0.1, 0.15) is 17.2 Å². The largest absolute Gasteiger partial charge is 0.497 e. The number of rotatable bonds is 7. The molecule has 0 aromatic heterocycles. The molecule has 0 aliphatic carbocycles. The highest BCUT2D eigenvalue weighted by Gasteiger charge is 2.23. The van der Waals surface area contributed by atoms with Crippen LogP contribution in [-0.2, 0) is 0 Å². The molecule has 2 rings (SSSR count). The highest BCUT2D eigenvalue weighted by atomic mass is 16.5. The number of ether oxygens (including phenoxy) is 3. The van der Waals surface area contributed by atoms with Crippen LogP contribution in [-0.4, -0.2) is 45.2 Å². The van der Waals surface area contributed by atoms with E-state index in [1.807, 2.05) is 38.1 Å². The Kier molecular flexibility index (Phi) is 6.28. The maximum Gasteiger partial charge on any atom is 0.258 e. The van der Waals surface area contributed by atoms with Crippen molar-refractivity contribution in [2.45, 2.75) is 13.8 Å². The number of hydrogen-bond donors (Lipinski definition) is 0. The molecule has 0 spiro atoms. The molecule has 5 nitrogen and oxygen atoms in total. The van der Waals surface area contributed by atoms with Crippen LogP contribution in [0.15, 0.2) is 36.4 Å². The van der Waals surface area contributed by atoms with Crippen LogP contribution in [0.4, 0.5) is 0 Å². The molecule has 0 N–H and O–H groups in total. The number of amides is 1. The molecular formula is C20H25NO4. The molecule has 0 radical (unpaired) electrons. The maximum atomic E-state index is 13.1. The van der Waals surface area contributed by atoms with Gasteiger partial charge in [0.25, 0.3) is 5.91 Å². The quantitative estimate of drug-likeness (QED) is 0.766. The standard InChI is InChI=1S/C20H25NO4/c1-6-21(7-2)20(22)19-16(9-8-10-17(19)24-4)15-12-11-14(23-3)13-18(15)25-5/h8-13H,6-7H2,1-5H3. The lowest BCUT2D eigenvalue weighted by Crippen LogP contribution is -2.31. The van der Waals surface area contributed by atoms with Gasteiger partial charge in [-0.2, -0.15) is 0 Å². The SMILES string of the molecule is CCN(CC)C(=O)c1c(OC)cccc1-c1ccc(OC)cc1OC. The summed E-state index contributed by atoms with van der Waals surface area (Å²) in [5.74, 6) is 1.82. The Morgan fingerprint density at radius 2 is 1.56 bits per heavy atom. The minimum absolute atomic E-state index is 0.0599. The molecule has 2 aromatic rings. The fourth-order valence-corrected chi connectivity index (χ4v) is 2.84. The van der Waals surface area contributed by atoms with E-state index in [0.717, 1.165) is 11.1 Å².